The fourth-order valence-electron chi connectivity index (χ4n) is 4.15. The van der Waals surface area contributed by atoms with Gasteiger partial charge in [-0.2, -0.15) is 5.10 Å². The normalized spacial score (nSPS) is 15.6. The zero-order chi connectivity index (χ0) is 25.7. The van der Waals surface area contributed by atoms with E-state index in [1.165, 1.54) is 23.9 Å². The molecule has 0 radical (unpaired) electrons. The molecular weight excluding hydrogens is 492 g/mol. The van der Waals surface area contributed by atoms with Gasteiger partial charge in [0, 0.05) is 36.0 Å². The Morgan fingerprint density at radius 3 is 2.50 bits per heavy atom. The zero-order valence-corrected chi connectivity index (χ0v) is 21.9. The second-order valence-electron chi connectivity index (χ2n) is 8.73. The monoisotopic (exact) mass is 520 g/mol. The molecule has 1 saturated heterocycles. The van der Waals surface area contributed by atoms with Crippen molar-refractivity contribution >= 4 is 46.0 Å². The number of amides is 1. The first kappa shape index (κ1) is 25.8. The van der Waals surface area contributed by atoms with Crippen LogP contribution in [-0.4, -0.2) is 36.4 Å². The number of thioether (sulfide) groups is 1. The minimum atomic E-state index is -0.428. The Morgan fingerprint density at radius 1 is 1.14 bits per heavy atom. The zero-order valence-electron chi connectivity index (χ0n) is 20.3. The van der Waals surface area contributed by atoms with E-state index in [0.29, 0.717) is 27.4 Å². The van der Waals surface area contributed by atoms with Crippen LogP contribution in [0.15, 0.2) is 65.7 Å². The molecule has 2 heterocycles. The van der Waals surface area contributed by atoms with Crippen molar-refractivity contribution in [3.63, 3.8) is 0 Å². The van der Waals surface area contributed by atoms with E-state index in [9.17, 15) is 14.9 Å². The molecule has 3 aromatic rings. The lowest BCUT2D eigenvalue weighted by Gasteiger charge is -2.21. The van der Waals surface area contributed by atoms with Crippen LogP contribution in [0.4, 0.5) is 5.69 Å². The number of para-hydroxylation sites is 1. The van der Waals surface area contributed by atoms with Crippen LogP contribution in [0, 0.1) is 16.0 Å². The van der Waals surface area contributed by atoms with Gasteiger partial charge in [-0.3, -0.25) is 19.8 Å². The maximum absolute atomic E-state index is 13.3. The molecule has 1 fully saturated rings. The predicted octanol–water partition coefficient (Wildman–Crippen LogP) is 6.87. The van der Waals surface area contributed by atoms with Crippen LogP contribution in [-0.2, 0) is 4.79 Å². The molecule has 0 spiro atoms. The number of hydrogen-bond acceptors (Lipinski definition) is 6. The van der Waals surface area contributed by atoms with Gasteiger partial charge in [-0.25, -0.2) is 4.68 Å². The van der Waals surface area contributed by atoms with Gasteiger partial charge < -0.3 is 0 Å². The summed E-state index contributed by atoms with van der Waals surface area (Å²) in [6.45, 7) is 4.96. The third-order valence-electron chi connectivity index (χ3n) is 6.26. The van der Waals surface area contributed by atoms with Crippen molar-refractivity contribution in [2.24, 2.45) is 5.92 Å². The molecule has 9 heteroatoms. The lowest BCUT2D eigenvalue weighted by molar-refractivity contribution is -0.384. The quantitative estimate of drug-likeness (QED) is 0.126. The fourth-order valence-corrected chi connectivity index (χ4v) is 5.41. The topological polar surface area (TPSA) is 81.3 Å². The second-order valence-corrected chi connectivity index (χ2v) is 10.4. The number of benzene rings is 2. The van der Waals surface area contributed by atoms with Crippen LogP contribution < -0.4 is 0 Å². The molecule has 0 bridgehead atoms. The van der Waals surface area contributed by atoms with Crippen molar-refractivity contribution in [1.82, 2.24) is 14.7 Å². The van der Waals surface area contributed by atoms with Crippen molar-refractivity contribution in [2.45, 2.75) is 39.5 Å². The van der Waals surface area contributed by atoms with Crippen LogP contribution in [0.2, 0.25) is 0 Å². The molecule has 2 aromatic carbocycles. The van der Waals surface area contributed by atoms with Crippen LogP contribution in [0.1, 0.15) is 45.1 Å². The molecule has 0 N–H and O–H groups in total. The highest BCUT2D eigenvalue weighted by Crippen LogP contribution is 2.36. The number of rotatable bonds is 10. The summed E-state index contributed by atoms with van der Waals surface area (Å²) >= 11 is 6.89. The minimum absolute atomic E-state index is 0.0113. The Bertz CT molecular complexity index is 1290. The molecule has 1 atom stereocenters. The fraction of sp³-hybridized carbons (Fsp3) is 0.296. The van der Waals surface area contributed by atoms with Crippen LogP contribution in [0.3, 0.4) is 0 Å². The van der Waals surface area contributed by atoms with Crippen molar-refractivity contribution in [1.29, 1.82) is 0 Å². The first-order valence-corrected chi connectivity index (χ1v) is 13.3. The van der Waals surface area contributed by atoms with E-state index in [1.807, 2.05) is 42.6 Å². The molecule has 1 aliphatic heterocycles. The highest BCUT2D eigenvalue weighted by Gasteiger charge is 2.33. The van der Waals surface area contributed by atoms with Gasteiger partial charge in [0.05, 0.1) is 21.2 Å². The van der Waals surface area contributed by atoms with Gasteiger partial charge in [0.1, 0.15) is 4.32 Å². The Labute approximate surface area is 220 Å². The number of nitrogens with zero attached hydrogens (tertiary/aromatic N) is 4. The van der Waals surface area contributed by atoms with Crippen molar-refractivity contribution < 1.29 is 9.72 Å². The van der Waals surface area contributed by atoms with Crippen molar-refractivity contribution in [3.8, 4) is 16.9 Å². The van der Waals surface area contributed by atoms with E-state index in [-0.39, 0.29) is 11.6 Å². The minimum Gasteiger partial charge on any atom is -0.293 e. The number of aromatic nitrogens is 2. The molecule has 7 nitrogen and oxygen atoms in total. The lowest BCUT2D eigenvalue weighted by atomic mass is 9.99. The number of non-ortho nitro benzene ring substituents is 1. The molecule has 1 aliphatic rings. The molecule has 186 valence electrons. The molecule has 0 unspecified atom stereocenters. The molecule has 4 rings (SSSR count). The van der Waals surface area contributed by atoms with Crippen molar-refractivity contribution in [2.75, 3.05) is 6.54 Å². The number of hydrogen-bond donors (Lipinski definition) is 0. The lowest BCUT2D eigenvalue weighted by Crippen LogP contribution is -2.33. The number of nitro benzene ring substituents is 1. The molecule has 0 aliphatic carbocycles. The summed E-state index contributed by atoms with van der Waals surface area (Å²) in [7, 11) is 0. The number of unbranched alkanes of at least 4 members (excludes halogenated alkanes) is 1. The van der Waals surface area contributed by atoms with E-state index >= 15 is 0 Å². The molecule has 1 amide bonds. The van der Waals surface area contributed by atoms with E-state index in [2.05, 4.69) is 13.8 Å². The van der Waals surface area contributed by atoms with Gasteiger partial charge in [-0.15, -0.1) is 0 Å². The third-order valence-corrected chi connectivity index (χ3v) is 7.64. The first-order valence-electron chi connectivity index (χ1n) is 12.1. The van der Waals surface area contributed by atoms with Crippen LogP contribution in [0.5, 0.6) is 0 Å². The SMILES string of the molecule is CCCC[C@@H](CC)CN1C(=O)/C(=C/c2cn(-c3ccccc3)nc2-c2ccc([N+](=O)[O-])cc2)SC1=S. The maximum Gasteiger partial charge on any atom is 0.269 e. The summed E-state index contributed by atoms with van der Waals surface area (Å²) in [6, 6.07) is 15.9. The number of thiocarbonyl (C=S) groups is 1. The Kier molecular flexibility index (Phi) is 8.32. The largest absolute Gasteiger partial charge is 0.293 e. The Hall–Kier alpha value is -3.30. The van der Waals surface area contributed by atoms with Gasteiger partial charge in [0.2, 0.25) is 0 Å². The molecule has 0 saturated carbocycles. The average molecular weight is 521 g/mol. The smallest absolute Gasteiger partial charge is 0.269 e. The summed E-state index contributed by atoms with van der Waals surface area (Å²) in [5.41, 5.74) is 2.98. The standard InChI is InChI=1S/C27H28N4O3S2/c1-3-5-9-19(4-2)17-29-26(32)24(36-27(29)35)16-21-18-30(22-10-7-6-8-11-22)28-25(21)20-12-14-23(15-13-20)31(33)34/h6-8,10-16,18-19H,3-5,9,17H2,1-2H3/b24-16-/t19-/m1/s1. The summed E-state index contributed by atoms with van der Waals surface area (Å²) in [4.78, 5) is 26.3. The van der Waals surface area contributed by atoms with Gasteiger partial charge in [-0.1, -0.05) is 75.3 Å². The van der Waals surface area contributed by atoms with Gasteiger partial charge in [0.15, 0.2) is 0 Å². The average Bonchev–Trinajstić information content (AvgIpc) is 3.43. The van der Waals surface area contributed by atoms with Crippen LogP contribution in [0.25, 0.3) is 23.0 Å². The molecular formula is C27H28N4O3S2. The highest BCUT2D eigenvalue weighted by atomic mass is 32.2. The summed E-state index contributed by atoms with van der Waals surface area (Å²) in [5.74, 6) is 0.338. The summed E-state index contributed by atoms with van der Waals surface area (Å²) in [6.07, 6.45) is 8.05. The Balaban J connectivity index is 1.69. The number of carbonyl (C=O) groups excluding carboxylic acids is 1. The third kappa shape index (κ3) is 5.74. The first-order chi connectivity index (χ1) is 17.4. The van der Waals surface area contributed by atoms with Crippen molar-refractivity contribution in [3.05, 3.63) is 81.4 Å². The number of carbonyl (C=O) groups is 1. The second kappa shape index (κ2) is 11.6. The van der Waals surface area contributed by atoms with E-state index < -0.39 is 4.92 Å². The summed E-state index contributed by atoms with van der Waals surface area (Å²) in [5, 5.41) is 15.9. The summed E-state index contributed by atoms with van der Waals surface area (Å²) < 4.78 is 2.33. The van der Waals surface area contributed by atoms with E-state index in [0.717, 1.165) is 42.5 Å². The van der Waals surface area contributed by atoms with Crippen LogP contribution >= 0.6 is 24.0 Å². The molecule has 1 aromatic heterocycles. The highest BCUT2D eigenvalue weighted by molar-refractivity contribution is 8.26. The van der Waals surface area contributed by atoms with Gasteiger partial charge in [0.25, 0.3) is 11.6 Å². The predicted molar refractivity (Wildman–Crippen MR) is 149 cm³/mol. The van der Waals surface area contributed by atoms with Gasteiger partial charge in [-0.05, 0) is 42.7 Å². The van der Waals surface area contributed by atoms with E-state index in [1.54, 1.807) is 21.7 Å². The maximum atomic E-state index is 13.3. The molecule has 36 heavy (non-hydrogen) atoms. The number of nitro groups is 1. The Morgan fingerprint density at radius 2 is 1.86 bits per heavy atom. The van der Waals surface area contributed by atoms with Gasteiger partial charge >= 0.3 is 0 Å². The van der Waals surface area contributed by atoms with E-state index in [4.69, 9.17) is 17.3 Å².